The van der Waals surface area contributed by atoms with Crippen molar-refractivity contribution in [3.05, 3.63) is 81.6 Å². The number of sulfonamides is 1. The van der Waals surface area contributed by atoms with E-state index in [0.29, 0.717) is 13.0 Å². The lowest BCUT2D eigenvalue weighted by Gasteiger charge is -2.12. The molecule has 0 spiro atoms. The van der Waals surface area contributed by atoms with Crippen LogP contribution < -0.4 is 9.46 Å². The molecule has 1 heterocycles. The maximum atomic E-state index is 12.2. The first kappa shape index (κ1) is 21.0. The molecule has 5 nitrogen and oxygen atoms in total. The second-order valence-corrected chi connectivity index (χ2v) is 10.6. The lowest BCUT2D eigenvalue weighted by Crippen LogP contribution is -2.32. The van der Waals surface area contributed by atoms with Crippen molar-refractivity contribution in [1.82, 2.24) is 4.72 Å². The normalized spacial score (nSPS) is 12.6. The van der Waals surface area contributed by atoms with Crippen molar-refractivity contribution in [2.75, 3.05) is 6.54 Å². The third-order valence-electron chi connectivity index (χ3n) is 3.97. The van der Waals surface area contributed by atoms with Crippen molar-refractivity contribution >= 4 is 37.3 Å². The molecular formula is C20H20BrNO4S2. The summed E-state index contributed by atoms with van der Waals surface area (Å²) in [4.78, 5) is 0. The van der Waals surface area contributed by atoms with E-state index in [1.54, 1.807) is 6.07 Å². The van der Waals surface area contributed by atoms with Crippen molar-refractivity contribution in [2.24, 2.45) is 0 Å². The first-order valence-corrected chi connectivity index (χ1v) is 11.7. The lowest BCUT2D eigenvalue weighted by atomic mass is 10.1. The molecule has 28 heavy (non-hydrogen) atoms. The zero-order valence-corrected chi connectivity index (χ0v) is 18.1. The molecule has 148 valence electrons. The lowest BCUT2D eigenvalue weighted by molar-refractivity contribution is 0.179. The van der Waals surface area contributed by atoms with E-state index in [-0.39, 0.29) is 10.8 Å². The van der Waals surface area contributed by atoms with Crippen LogP contribution in [0.3, 0.4) is 0 Å². The molecule has 2 N–H and O–H groups in total. The highest BCUT2D eigenvalue weighted by atomic mass is 79.9. The van der Waals surface area contributed by atoms with Crippen molar-refractivity contribution < 1.29 is 18.3 Å². The summed E-state index contributed by atoms with van der Waals surface area (Å²) in [5.41, 5.74) is 1.99. The molecule has 0 aliphatic carbocycles. The van der Waals surface area contributed by atoms with E-state index < -0.39 is 16.1 Å². The minimum absolute atomic E-state index is 0.0515. The molecule has 1 atom stereocenters. The predicted molar refractivity (Wildman–Crippen MR) is 114 cm³/mol. The summed E-state index contributed by atoms with van der Waals surface area (Å²) >= 11 is 4.37. The van der Waals surface area contributed by atoms with E-state index in [1.165, 1.54) is 6.07 Å². The molecule has 0 amide bonds. The Morgan fingerprint density at radius 3 is 2.36 bits per heavy atom. The Balaban J connectivity index is 1.48. The van der Waals surface area contributed by atoms with Gasteiger partial charge in [0.05, 0.1) is 9.89 Å². The molecule has 1 aromatic heterocycles. The van der Waals surface area contributed by atoms with E-state index >= 15 is 0 Å². The summed E-state index contributed by atoms with van der Waals surface area (Å²) in [7, 11) is -3.61. The number of hydrogen-bond donors (Lipinski definition) is 2. The van der Waals surface area contributed by atoms with Gasteiger partial charge in [0.25, 0.3) is 0 Å². The van der Waals surface area contributed by atoms with Gasteiger partial charge < -0.3 is 9.84 Å². The third kappa shape index (κ3) is 6.15. The molecule has 0 unspecified atom stereocenters. The van der Waals surface area contributed by atoms with Crippen molar-refractivity contribution in [1.29, 1.82) is 0 Å². The number of thiophene rings is 1. The van der Waals surface area contributed by atoms with Gasteiger partial charge in [0.2, 0.25) is 10.0 Å². The maximum absolute atomic E-state index is 12.2. The topological polar surface area (TPSA) is 75.6 Å². The third-order valence-corrected chi connectivity index (χ3v) is 7.50. The molecular weight excluding hydrogens is 462 g/mol. The van der Waals surface area contributed by atoms with Crippen molar-refractivity contribution in [3.63, 3.8) is 0 Å². The van der Waals surface area contributed by atoms with Crippen LogP contribution in [0.2, 0.25) is 0 Å². The Morgan fingerprint density at radius 1 is 1.00 bits per heavy atom. The van der Waals surface area contributed by atoms with Crippen LogP contribution in [0.4, 0.5) is 0 Å². The van der Waals surface area contributed by atoms with Gasteiger partial charge in [0.1, 0.15) is 16.6 Å². The molecule has 0 fully saturated rings. The fourth-order valence-corrected chi connectivity index (χ4v) is 5.65. The summed E-state index contributed by atoms with van der Waals surface area (Å²) in [6, 6.07) is 20.5. The molecule has 0 aliphatic rings. The van der Waals surface area contributed by atoms with Crippen LogP contribution in [0, 0.1) is 0 Å². The van der Waals surface area contributed by atoms with Gasteiger partial charge in [-0.25, -0.2) is 13.1 Å². The zero-order chi connectivity index (χ0) is 20.0. The van der Waals surface area contributed by atoms with Crippen LogP contribution in [-0.2, 0) is 23.1 Å². The number of benzene rings is 2. The van der Waals surface area contributed by atoms with Gasteiger partial charge in [0, 0.05) is 6.54 Å². The predicted octanol–water partition coefficient (Wildman–Crippen LogP) is 3.97. The molecule has 3 rings (SSSR count). The average Bonchev–Trinajstić information content (AvgIpc) is 3.14. The summed E-state index contributed by atoms with van der Waals surface area (Å²) in [5.74, 6) is 0.742. The Hall–Kier alpha value is -1.71. The van der Waals surface area contributed by atoms with Gasteiger partial charge in [-0.05, 0) is 57.7 Å². The Morgan fingerprint density at radius 2 is 1.71 bits per heavy atom. The molecule has 0 bridgehead atoms. The van der Waals surface area contributed by atoms with E-state index in [0.717, 1.165) is 32.0 Å². The highest BCUT2D eigenvalue weighted by Crippen LogP contribution is 2.25. The largest absolute Gasteiger partial charge is 0.489 e. The fourth-order valence-electron chi connectivity index (χ4n) is 2.53. The highest BCUT2D eigenvalue weighted by Gasteiger charge is 2.18. The summed E-state index contributed by atoms with van der Waals surface area (Å²) in [6.45, 7) is 0.438. The summed E-state index contributed by atoms with van der Waals surface area (Å²) < 4.78 is 33.5. The van der Waals surface area contributed by atoms with Crippen LogP contribution in [0.5, 0.6) is 5.75 Å². The quantitative estimate of drug-likeness (QED) is 0.484. The SMILES string of the molecule is O=S(=O)(NC[C@H](O)Cc1ccc(OCc2ccccc2)cc1)c1ccc(Br)s1. The van der Waals surface area contributed by atoms with Gasteiger partial charge in [-0.3, -0.25) is 0 Å². The van der Waals surface area contributed by atoms with E-state index in [4.69, 9.17) is 4.74 Å². The smallest absolute Gasteiger partial charge is 0.250 e. The number of rotatable bonds is 9. The van der Waals surface area contributed by atoms with Crippen molar-refractivity contribution in [3.8, 4) is 5.75 Å². The fraction of sp³-hybridized carbons (Fsp3) is 0.200. The first-order valence-electron chi connectivity index (χ1n) is 8.61. The standard InChI is InChI=1S/C20H20BrNO4S2/c21-19-10-11-20(27-19)28(24,25)22-13-17(23)12-15-6-8-18(9-7-15)26-14-16-4-2-1-3-5-16/h1-11,17,22-23H,12-14H2/t17-/m1/s1. The molecule has 0 saturated heterocycles. The second kappa shape index (κ2) is 9.67. The van der Waals surface area contributed by atoms with Crippen LogP contribution >= 0.6 is 27.3 Å². The first-order chi connectivity index (χ1) is 13.4. The second-order valence-electron chi connectivity index (χ2n) is 6.19. The van der Waals surface area contributed by atoms with Gasteiger partial charge >= 0.3 is 0 Å². The molecule has 8 heteroatoms. The molecule has 3 aromatic rings. The van der Waals surface area contributed by atoms with Gasteiger partial charge in [-0.2, -0.15) is 0 Å². The number of hydrogen-bond acceptors (Lipinski definition) is 5. The average molecular weight is 482 g/mol. The van der Waals surface area contributed by atoms with Gasteiger partial charge in [-0.15, -0.1) is 11.3 Å². The summed E-state index contributed by atoms with van der Waals surface area (Å²) in [5, 5.41) is 10.2. The Bertz CT molecular complexity index is 989. The van der Waals surface area contributed by atoms with E-state index in [9.17, 15) is 13.5 Å². The minimum atomic E-state index is -3.61. The number of aliphatic hydroxyl groups is 1. The highest BCUT2D eigenvalue weighted by molar-refractivity contribution is 9.11. The van der Waals surface area contributed by atoms with E-state index in [1.807, 2.05) is 54.6 Å². The molecule has 0 radical (unpaired) electrons. The van der Waals surface area contributed by atoms with Crippen LogP contribution in [0.1, 0.15) is 11.1 Å². The van der Waals surface area contributed by atoms with Crippen LogP contribution in [0.15, 0.2) is 74.7 Å². The van der Waals surface area contributed by atoms with Crippen LogP contribution in [0.25, 0.3) is 0 Å². The number of nitrogens with one attached hydrogen (secondary N) is 1. The van der Waals surface area contributed by atoms with Gasteiger partial charge in [0.15, 0.2) is 0 Å². The Kier molecular flexibility index (Phi) is 7.25. The number of aliphatic hydroxyl groups excluding tert-OH is 1. The monoisotopic (exact) mass is 481 g/mol. The zero-order valence-electron chi connectivity index (χ0n) is 14.9. The summed E-state index contributed by atoms with van der Waals surface area (Å²) in [6.07, 6.45) is -0.482. The van der Waals surface area contributed by atoms with Gasteiger partial charge in [-0.1, -0.05) is 42.5 Å². The van der Waals surface area contributed by atoms with E-state index in [2.05, 4.69) is 20.7 Å². The Labute approximate surface area is 177 Å². The molecule has 0 aliphatic heterocycles. The maximum Gasteiger partial charge on any atom is 0.250 e. The molecule has 0 saturated carbocycles. The number of ether oxygens (including phenoxy) is 1. The number of halogens is 1. The van der Waals surface area contributed by atoms with Crippen LogP contribution in [-0.4, -0.2) is 26.2 Å². The van der Waals surface area contributed by atoms with Crippen molar-refractivity contribution in [2.45, 2.75) is 23.3 Å². The molecule has 2 aromatic carbocycles. The minimum Gasteiger partial charge on any atom is -0.489 e.